The number of ether oxygens (including phenoxy) is 1. The lowest BCUT2D eigenvalue weighted by molar-refractivity contribution is 0.0930. The maximum absolute atomic E-state index is 12.4. The molecule has 1 saturated carbocycles. The van der Waals surface area contributed by atoms with E-state index in [1.54, 1.807) is 0 Å². The summed E-state index contributed by atoms with van der Waals surface area (Å²) < 4.78 is 5.78. The number of benzene rings is 2. The standard InChI is InChI=1S/C22H27NO2/c24-22(23-20-11-7-2-1-3-8-12-20)19-13-15-21(16-14-19)25-17-18-9-5-4-6-10-18/h4-6,9-10,13-16,20H,1-3,7-8,11-12,17H2,(H,23,24). The van der Waals surface area contributed by atoms with Crippen LogP contribution in [0, 0.1) is 0 Å². The predicted molar refractivity (Wildman–Crippen MR) is 101 cm³/mol. The van der Waals surface area contributed by atoms with Crippen molar-refractivity contribution in [3.05, 3.63) is 65.7 Å². The Bertz CT molecular complexity index is 643. The van der Waals surface area contributed by atoms with Gasteiger partial charge in [0, 0.05) is 11.6 Å². The van der Waals surface area contributed by atoms with E-state index in [1.807, 2.05) is 54.6 Å². The second-order valence-corrected chi connectivity index (χ2v) is 6.81. The van der Waals surface area contributed by atoms with Gasteiger partial charge in [0.1, 0.15) is 12.4 Å². The Labute approximate surface area is 150 Å². The van der Waals surface area contributed by atoms with Crippen LogP contribution in [0.15, 0.2) is 54.6 Å². The summed E-state index contributed by atoms with van der Waals surface area (Å²) in [7, 11) is 0. The number of nitrogens with one attached hydrogen (secondary N) is 1. The van der Waals surface area contributed by atoms with Crippen LogP contribution >= 0.6 is 0 Å². The number of rotatable bonds is 5. The molecule has 1 fully saturated rings. The largest absolute Gasteiger partial charge is 0.489 e. The predicted octanol–water partition coefficient (Wildman–Crippen LogP) is 5.11. The van der Waals surface area contributed by atoms with E-state index in [9.17, 15) is 4.79 Å². The van der Waals surface area contributed by atoms with Gasteiger partial charge in [-0.05, 0) is 42.7 Å². The zero-order valence-electron chi connectivity index (χ0n) is 14.7. The Balaban J connectivity index is 1.51. The van der Waals surface area contributed by atoms with Crippen molar-refractivity contribution in [2.75, 3.05) is 0 Å². The first-order valence-electron chi connectivity index (χ1n) is 9.39. The van der Waals surface area contributed by atoms with Crippen LogP contribution in [0.25, 0.3) is 0 Å². The lowest BCUT2D eigenvalue weighted by Crippen LogP contribution is -2.35. The average Bonchev–Trinajstić information content (AvgIpc) is 2.63. The Morgan fingerprint density at radius 2 is 1.52 bits per heavy atom. The van der Waals surface area contributed by atoms with E-state index in [0.717, 1.165) is 24.2 Å². The molecule has 1 N–H and O–H groups in total. The van der Waals surface area contributed by atoms with Crippen LogP contribution in [0.4, 0.5) is 0 Å². The first kappa shape index (κ1) is 17.5. The summed E-state index contributed by atoms with van der Waals surface area (Å²) in [6, 6.07) is 17.8. The third-order valence-electron chi connectivity index (χ3n) is 4.81. The van der Waals surface area contributed by atoms with Crippen LogP contribution < -0.4 is 10.1 Å². The van der Waals surface area contributed by atoms with Crippen LogP contribution in [0.3, 0.4) is 0 Å². The lowest BCUT2D eigenvalue weighted by Gasteiger charge is -2.21. The molecule has 0 radical (unpaired) electrons. The van der Waals surface area contributed by atoms with Crippen molar-refractivity contribution in [2.24, 2.45) is 0 Å². The van der Waals surface area contributed by atoms with E-state index >= 15 is 0 Å². The molecular formula is C22H27NO2. The second-order valence-electron chi connectivity index (χ2n) is 6.81. The minimum Gasteiger partial charge on any atom is -0.489 e. The molecule has 0 heterocycles. The van der Waals surface area contributed by atoms with Crippen LogP contribution in [0.1, 0.15) is 60.9 Å². The molecule has 0 aliphatic heterocycles. The third kappa shape index (κ3) is 5.63. The minimum absolute atomic E-state index is 0.0279. The maximum Gasteiger partial charge on any atom is 0.251 e. The Kier molecular flexibility index (Phi) is 6.49. The first-order valence-corrected chi connectivity index (χ1v) is 9.39. The number of carbonyl (C=O) groups excluding carboxylic acids is 1. The molecule has 0 spiro atoms. The molecule has 0 bridgehead atoms. The van der Waals surface area contributed by atoms with E-state index < -0.39 is 0 Å². The quantitative estimate of drug-likeness (QED) is 0.823. The van der Waals surface area contributed by atoms with Crippen LogP contribution in [0.2, 0.25) is 0 Å². The summed E-state index contributed by atoms with van der Waals surface area (Å²) in [5, 5.41) is 3.20. The molecule has 0 unspecified atom stereocenters. The van der Waals surface area contributed by atoms with E-state index in [2.05, 4.69) is 5.32 Å². The normalized spacial score (nSPS) is 15.8. The molecule has 25 heavy (non-hydrogen) atoms. The lowest BCUT2D eigenvalue weighted by atomic mass is 9.96. The van der Waals surface area contributed by atoms with Gasteiger partial charge in [-0.25, -0.2) is 0 Å². The highest BCUT2D eigenvalue weighted by Gasteiger charge is 2.15. The Morgan fingerprint density at radius 3 is 2.20 bits per heavy atom. The summed E-state index contributed by atoms with van der Waals surface area (Å²) in [6.07, 6.45) is 8.56. The fourth-order valence-corrected chi connectivity index (χ4v) is 3.31. The van der Waals surface area contributed by atoms with Crippen molar-refractivity contribution in [3.63, 3.8) is 0 Å². The minimum atomic E-state index is 0.0279. The van der Waals surface area contributed by atoms with Gasteiger partial charge in [-0.15, -0.1) is 0 Å². The van der Waals surface area contributed by atoms with Gasteiger partial charge in [-0.2, -0.15) is 0 Å². The number of amides is 1. The SMILES string of the molecule is O=C(NC1CCCCCCC1)c1ccc(OCc2ccccc2)cc1. The van der Waals surface area contributed by atoms with Crippen molar-refractivity contribution < 1.29 is 9.53 Å². The number of hydrogen-bond donors (Lipinski definition) is 1. The van der Waals surface area contributed by atoms with Crippen molar-refractivity contribution in [3.8, 4) is 5.75 Å². The smallest absolute Gasteiger partial charge is 0.251 e. The molecule has 0 aromatic heterocycles. The van der Waals surface area contributed by atoms with Crippen LogP contribution in [-0.2, 0) is 6.61 Å². The van der Waals surface area contributed by atoms with Crippen molar-refractivity contribution >= 4 is 5.91 Å². The molecule has 132 valence electrons. The van der Waals surface area contributed by atoms with Crippen molar-refractivity contribution in [1.82, 2.24) is 5.32 Å². The van der Waals surface area contributed by atoms with Crippen LogP contribution in [0.5, 0.6) is 5.75 Å². The molecule has 3 rings (SSSR count). The fourth-order valence-electron chi connectivity index (χ4n) is 3.31. The molecule has 2 aromatic rings. The molecular weight excluding hydrogens is 310 g/mol. The molecule has 0 atom stereocenters. The summed E-state index contributed by atoms with van der Waals surface area (Å²) in [6.45, 7) is 0.536. The summed E-state index contributed by atoms with van der Waals surface area (Å²) in [5.74, 6) is 0.812. The number of hydrogen-bond acceptors (Lipinski definition) is 2. The average molecular weight is 337 g/mol. The zero-order chi connectivity index (χ0) is 17.3. The first-order chi connectivity index (χ1) is 12.3. The van der Waals surface area contributed by atoms with Gasteiger partial charge in [-0.1, -0.05) is 62.4 Å². The zero-order valence-corrected chi connectivity index (χ0v) is 14.7. The summed E-state index contributed by atoms with van der Waals surface area (Å²) in [5.41, 5.74) is 1.84. The van der Waals surface area contributed by atoms with Gasteiger partial charge in [0.2, 0.25) is 0 Å². The van der Waals surface area contributed by atoms with Gasteiger partial charge in [0.05, 0.1) is 0 Å². The monoisotopic (exact) mass is 337 g/mol. The number of carbonyl (C=O) groups is 1. The van der Waals surface area contributed by atoms with Crippen LogP contribution in [-0.4, -0.2) is 11.9 Å². The fraction of sp³-hybridized carbons (Fsp3) is 0.409. The third-order valence-corrected chi connectivity index (χ3v) is 4.81. The van der Waals surface area contributed by atoms with E-state index in [0.29, 0.717) is 18.2 Å². The molecule has 1 amide bonds. The highest BCUT2D eigenvalue weighted by molar-refractivity contribution is 5.94. The highest BCUT2D eigenvalue weighted by Crippen LogP contribution is 2.18. The van der Waals surface area contributed by atoms with Crippen molar-refractivity contribution in [1.29, 1.82) is 0 Å². The van der Waals surface area contributed by atoms with Gasteiger partial charge < -0.3 is 10.1 Å². The Morgan fingerprint density at radius 1 is 0.880 bits per heavy atom. The molecule has 1 aliphatic carbocycles. The highest BCUT2D eigenvalue weighted by atomic mass is 16.5. The molecule has 1 aliphatic rings. The summed E-state index contributed by atoms with van der Waals surface area (Å²) >= 11 is 0. The van der Waals surface area contributed by atoms with E-state index in [1.165, 1.54) is 32.1 Å². The van der Waals surface area contributed by atoms with Crippen molar-refractivity contribution in [2.45, 2.75) is 57.6 Å². The van der Waals surface area contributed by atoms with Gasteiger partial charge >= 0.3 is 0 Å². The molecule has 2 aromatic carbocycles. The molecule has 0 saturated heterocycles. The van der Waals surface area contributed by atoms with E-state index in [4.69, 9.17) is 4.74 Å². The van der Waals surface area contributed by atoms with Gasteiger partial charge in [0.25, 0.3) is 5.91 Å². The Hall–Kier alpha value is -2.29. The maximum atomic E-state index is 12.4. The van der Waals surface area contributed by atoms with E-state index in [-0.39, 0.29) is 5.91 Å². The molecule has 3 heteroatoms. The molecule has 3 nitrogen and oxygen atoms in total. The summed E-state index contributed by atoms with van der Waals surface area (Å²) in [4.78, 5) is 12.4. The topological polar surface area (TPSA) is 38.3 Å². The second kappa shape index (κ2) is 9.26. The van der Waals surface area contributed by atoms with Gasteiger partial charge in [-0.3, -0.25) is 4.79 Å². The van der Waals surface area contributed by atoms with Gasteiger partial charge in [0.15, 0.2) is 0 Å².